The summed E-state index contributed by atoms with van der Waals surface area (Å²) < 4.78 is 2.23. The Morgan fingerprint density at radius 2 is 1.63 bits per heavy atom. The summed E-state index contributed by atoms with van der Waals surface area (Å²) in [6.07, 6.45) is 8.71. The third-order valence-electron chi connectivity index (χ3n) is 7.26. The molecule has 1 aliphatic carbocycles. The van der Waals surface area contributed by atoms with Crippen molar-refractivity contribution in [2.75, 3.05) is 5.32 Å². The van der Waals surface area contributed by atoms with Gasteiger partial charge in [0.25, 0.3) is 0 Å². The largest absolute Gasteiger partial charge is 0.338 e. The maximum atomic E-state index is 6.62. The van der Waals surface area contributed by atoms with Crippen LogP contribution in [-0.4, -0.2) is 19.5 Å². The molecule has 0 atom stereocenters. The maximum Gasteiger partial charge on any atom is 0.154 e. The molecule has 6 heteroatoms. The van der Waals surface area contributed by atoms with Gasteiger partial charge in [0.2, 0.25) is 0 Å². The zero-order valence-corrected chi connectivity index (χ0v) is 19.1. The van der Waals surface area contributed by atoms with Gasteiger partial charge in [0.1, 0.15) is 5.82 Å². The number of imidazole rings is 1. The smallest absolute Gasteiger partial charge is 0.154 e. The van der Waals surface area contributed by atoms with E-state index < -0.39 is 0 Å². The number of rotatable bonds is 3. The Morgan fingerprint density at radius 3 is 2.40 bits per heavy atom. The minimum atomic E-state index is -0.194. The molecular formula is C29H24N6. The first-order valence-corrected chi connectivity index (χ1v) is 12.0. The van der Waals surface area contributed by atoms with Crippen LogP contribution >= 0.6 is 0 Å². The Kier molecular flexibility index (Phi) is 4.38. The second-order valence-corrected chi connectivity index (χ2v) is 9.33. The van der Waals surface area contributed by atoms with E-state index in [1.165, 1.54) is 12.0 Å². The molecule has 0 saturated heterocycles. The van der Waals surface area contributed by atoms with Gasteiger partial charge >= 0.3 is 0 Å². The van der Waals surface area contributed by atoms with Gasteiger partial charge in [0.15, 0.2) is 5.82 Å². The van der Waals surface area contributed by atoms with Crippen molar-refractivity contribution in [3.8, 4) is 39.6 Å². The molecule has 5 aromatic rings. The number of hydrogen-bond donors (Lipinski definition) is 2. The molecule has 1 aliphatic heterocycles. The summed E-state index contributed by atoms with van der Waals surface area (Å²) in [5.41, 5.74) is 14.6. The molecule has 170 valence electrons. The summed E-state index contributed by atoms with van der Waals surface area (Å²) >= 11 is 0. The summed E-state index contributed by atoms with van der Waals surface area (Å²) in [5, 5.41) is 3.52. The highest BCUT2D eigenvalue weighted by molar-refractivity contribution is 5.90. The first-order chi connectivity index (χ1) is 17.2. The molecule has 0 spiro atoms. The predicted octanol–water partition coefficient (Wildman–Crippen LogP) is 6.06. The topological polar surface area (TPSA) is 81.7 Å². The van der Waals surface area contributed by atoms with Crippen molar-refractivity contribution in [3.63, 3.8) is 0 Å². The average molecular weight is 457 g/mol. The maximum absolute atomic E-state index is 6.62. The highest BCUT2D eigenvalue weighted by atomic mass is 15.2. The zero-order valence-electron chi connectivity index (χ0n) is 19.1. The molecule has 2 aliphatic rings. The van der Waals surface area contributed by atoms with Crippen molar-refractivity contribution in [3.05, 3.63) is 97.0 Å². The van der Waals surface area contributed by atoms with E-state index in [2.05, 4.69) is 62.3 Å². The van der Waals surface area contributed by atoms with E-state index in [1.807, 2.05) is 48.9 Å². The monoisotopic (exact) mass is 456 g/mol. The highest BCUT2D eigenvalue weighted by Gasteiger charge is 2.34. The quantitative estimate of drug-likeness (QED) is 0.338. The fourth-order valence-corrected chi connectivity index (χ4v) is 5.21. The van der Waals surface area contributed by atoms with Crippen LogP contribution in [0.5, 0.6) is 0 Å². The lowest BCUT2D eigenvalue weighted by Crippen LogP contribution is -2.43. The van der Waals surface area contributed by atoms with Gasteiger partial charge in [-0.25, -0.2) is 9.97 Å². The van der Waals surface area contributed by atoms with Gasteiger partial charge in [-0.1, -0.05) is 36.4 Å². The minimum absolute atomic E-state index is 0.194. The number of aromatic nitrogens is 4. The molecule has 0 amide bonds. The Morgan fingerprint density at radius 1 is 0.829 bits per heavy atom. The molecule has 2 aromatic carbocycles. The van der Waals surface area contributed by atoms with Crippen molar-refractivity contribution in [1.29, 1.82) is 0 Å². The molecule has 35 heavy (non-hydrogen) atoms. The number of anilines is 2. The van der Waals surface area contributed by atoms with Crippen molar-refractivity contribution in [1.82, 2.24) is 19.5 Å². The van der Waals surface area contributed by atoms with Gasteiger partial charge in [-0.15, -0.1) is 0 Å². The summed E-state index contributed by atoms with van der Waals surface area (Å²) in [7, 11) is 0. The number of pyridine rings is 2. The van der Waals surface area contributed by atoms with Gasteiger partial charge in [-0.3, -0.25) is 9.55 Å². The minimum Gasteiger partial charge on any atom is -0.338 e. The molecule has 1 saturated carbocycles. The molecule has 0 bridgehead atoms. The number of benzene rings is 2. The summed E-state index contributed by atoms with van der Waals surface area (Å²) in [5.74, 6) is 1.67. The van der Waals surface area contributed by atoms with Crippen molar-refractivity contribution in [2.24, 2.45) is 5.73 Å². The van der Waals surface area contributed by atoms with E-state index in [0.29, 0.717) is 0 Å². The van der Waals surface area contributed by atoms with Gasteiger partial charge in [0, 0.05) is 40.8 Å². The summed E-state index contributed by atoms with van der Waals surface area (Å²) in [4.78, 5) is 14.1. The Hall–Kier alpha value is -4.29. The SMILES string of the molecule is NC1(c2ccc(-c3c(-c4ccncc4)nc4n3-c3cccnc3Nc3ccccc3-4)cc2)CCC1. The first-order valence-electron chi connectivity index (χ1n) is 12.0. The Balaban J connectivity index is 1.53. The van der Waals surface area contributed by atoms with Crippen LogP contribution in [0.25, 0.3) is 39.6 Å². The van der Waals surface area contributed by atoms with E-state index in [1.54, 1.807) is 0 Å². The van der Waals surface area contributed by atoms with E-state index in [9.17, 15) is 0 Å². The molecular weight excluding hydrogens is 432 g/mol. The van der Waals surface area contributed by atoms with Crippen LogP contribution in [0.4, 0.5) is 11.5 Å². The molecule has 0 radical (unpaired) electrons. The second kappa shape index (κ2) is 7.61. The molecule has 1 fully saturated rings. The fourth-order valence-electron chi connectivity index (χ4n) is 5.21. The fraction of sp³-hybridized carbons (Fsp3) is 0.138. The summed E-state index contributed by atoms with van der Waals surface area (Å²) in [6, 6.07) is 25.0. The van der Waals surface area contributed by atoms with Gasteiger partial charge < -0.3 is 11.1 Å². The Labute approximate surface area is 203 Å². The van der Waals surface area contributed by atoms with Gasteiger partial charge in [-0.2, -0.15) is 0 Å². The Bertz CT molecular complexity index is 1550. The molecule has 7 rings (SSSR count). The lowest BCUT2D eigenvalue weighted by molar-refractivity contribution is 0.253. The number of nitrogens with zero attached hydrogens (tertiary/aromatic N) is 4. The standard InChI is InChI=1S/C29H24N6/c30-29(14-4-15-29)21-10-8-20(9-11-21)26-25(19-12-17-31-18-13-19)34-28-22-5-1-2-6-23(22)33-27-24(35(26)28)7-3-16-32-27/h1-3,5-13,16-18H,4,14-15,30H2,(H,32,33). The van der Waals surface area contributed by atoms with Crippen LogP contribution in [0, 0.1) is 0 Å². The predicted molar refractivity (Wildman–Crippen MR) is 138 cm³/mol. The third kappa shape index (κ3) is 3.11. The van der Waals surface area contributed by atoms with E-state index in [-0.39, 0.29) is 5.54 Å². The molecule has 3 N–H and O–H groups in total. The molecule has 6 nitrogen and oxygen atoms in total. The lowest BCUT2D eigenvalue weighted by atomic mass is 9.72. The highest BCUT2D eigenvalue weighted by Crippen LogP contribution is 2.45. The van der Waals surface area contributed by atoms with Crippen LogP contribution in [0.1, 0.15) is 24.8 Å². The number of para-hydroxylation sites is 1. The first kappa shape index (κ1) is 20.1. The average Bonchev–Trinajstić information content (AvgIpc) is 3.22. The van der Waals surface area contributed by atoms with Crippen LogP contribution < -0.4 is 11.1 Å². The van der Waals surface area contributed by atoms with E-state index >= 15 is 0 Å². The normalized spacial score (nSPS) is 15.1. The van der Waals surface area contributed by atoms with Crippen LogP contribution in [0.15, 0.2) is 91.4 Å². The lowest BCUT2D eigenvalue weighted by Gasteiger charge is -2.38. The third-order valence-corrected chi connectivity index (χ3v) is 7.26. The second-order valence-electron chi connectivity index (χ2n) is 9.33. The summed E-state index contributed by atoms with van der Waals surface area (Å²) in [6.45, 7) is 0. The molecule has 0 unspecified atom stereocenters. The van der Waals surface area contributed by atoms with Crippen molar-refractivity contribution >= 4 is 11.5 Å². The van der Waals surface area contributed by atoms with E-state index in [0.717, 1.165) is 63.9 Å². The van der Waals surface area contributed by atoms with Crippen LogP contribution in [0.2, 0.25) is 0 Å². The number of nitrogens with two attached hydrogens (primary N) is 1. The van der Waals surface area contributed by atoms with Crippen molar-refractivity contribution in [2.45, 2.75) is 24.8 Å². The number of fused-ring (bicyclic) bond motifs is 5. The van der Waals surface area contributed by atoms with Crippen molar-refractivity contribution < 1.29 is 0 Å². The van der Waals surface area contributed by atoms with Gasteiger partial charge in [0.05, 0.1) is 22.8 Å². The number of hydrogen-bond acceptors (Lipinski definition) is 5. The van der Waals surface area contributed by atoms with Crippen LogP contribution in [-0.2, 0) is 5.54 Å². The van der Waals surface area contributed by atoms with Gasteiger partial charge in [-0.05, 0) is 61.2 Å². The zero-order chi connectivity index (χ0) is 23.4. The van der Waals surface area contributed by atoms with Crippen LogP contribution in [0.3, 0.4) is 0 Å². The van der Waals surface area contributed by atoms with E-state index in [4.69, 9.17) is 10.7 Å². The molecule has 3 aromatic heterocycles. The molecule has 4 heterocycles. The number of nitrogens with one attached hydrogen (secondary N) is 1.